The van der Waals surface area contributed by atoms with Gasteiger partial charge in [0.15, 0.2) is 0 Å². The van der Waals surface area contributed by atoms with Gasteiger partial charge in [-0.15, -0.1) is 0 Å². The first-order chi connectivity index (χ1) is 8.74. The quantitative estimate of drug-likeness (QED) is 0.588. The first-order valence-electron chi connectivity index (χ1n) is 5.96. The number of carbonyl (C=O) groups excluding carboxylic acids is 2. The highest BCUT2D eigenvalue weighted by molar-refractivity contribution is 6.39. The standard InChI is InChI=1S/C13H18N2O3/c1-2-18-10-6-9-14-12(16)13(17)15-11-7-4-3-5-8-11/h3-5,7-8H,2,6,9-10H2,1H3,(H,14,16)(H,15,17). The van der Waals surface area contributed by atoms with Gasteiger partial charge in [-0.3, -0.25) is 9.59 Å². The van der Waals surface area contributed by atoms with Gasteiger partial charge in [0.1, 0.15) is 0 Å². The fourth-order valence-corrected chi connectivity index (χ4v) is 1.31. The highest BCUT2D eigenvalue weighted by Gasteiger charge is 2.12. The lowest BCUT2D eigenvalue weighted by molar-refractivity contribution is -0.136. The van der Waals surface area contributed by atoms with Gasteiger partial charge in [0.25, 0.3) is 0 Å². The Bertz CT molecular complexity index is 379. The van der Waals surface area contributed by atoms with E-state index in [0.29, 0.717) is 31.9 Å². The van der Waals surface area contributed by atoms with Crippen LogP contribution in [0, 0.1) is 0 Å². The zero-order valence-corrected chi connectivity index (χ0v) is 10.4. The molecule has 18 heavy (non-hydrogen) atoms. The lowest BCUT2D eigenvalue weighted by Crippen LogP contribution is -2.36. The molecule has 0 aliphatic rings. The number of anilines is 1. The van der Waals surface area contributed by atoms with Gasteiger partial charge >= 0.3 is 11.8 Å². The molecule has 5 heteroatoms. The van der Waals surface area contributed by atoms with Crippen molar-refractivity contribution in [1.29, 1.82) is 0 Å². The van der Waals surface area contributed by atoms with E-state index in [1.165, 1.54) is 0 Å². The third-order valence-electron chi connectivity index (χ3n) is 2.19. The molecule has 0 aromatic heterocycles. The highest BCUT2D eigenvalue weighted by Crippen LogP contribution is 2.04. The molecule has 0 unspecified atom stereocenters. The summed E-state index contributed by atoms with van der Waals surface area (Å²) in [6.07, 6.45) is 0.693. The van der Waals surface area contributed by atoms with Crippen LogP contribution in [0.5, 0.6) is 0 Å². The van der Waals surface area contributed by atoms with Crippen LogP contribution < -0.4 is 10.6 Å². The second-order valence-electron chi connectivity index (χ2n) is 3.63. The molecular weight excluding hydrogens is 232 g/mol. The van der Waals surface area contributed by atoms with Crippen LogP contribution in [-0.4, -0.2) is 31.6 Å². The maximum absolute atomic E-state index is 11.5. The smallest absolute Gasteiger partial charge is 0.313 e. The van der Waals surface area contributed by atoms with Gasteiger partial charge in [0, 0.05) is 25.4 Å². The van der Waals surface area contributed by atoms with Crippen LogP contribution in [0.15, 0.2) is 30.3 Å². The normalized spacial score (nSPS) is 9.83. The van der Waals surface area contributed by atoms with E-state index in [1.807, 2.05) is 13.0 Å². The lowest BCUT2D eigenvalue weighted by atomic mass is 10.3. The van der Waals surface area contributed by atoms with Crippen molar-refractivity contribution in [2.24, 2.45) is 0 Å². The number of carbonyl (C=O) groups is 2. The summed E-state index contributed by atoms with van der Waals surface area (Å²) in [5.41, 5.74) is 0.604. The number of nitrogens with one attached hydrogen (secondary N) is 2. The summed E-state index contributed by atoms with van der Waals surface area (Å²) >= 11 is 0. The Morgan fingerprint density at radius 2 is 1.89 bits per heavy atom. The molecule has 0 fully saturated rings. The maximum atomic E-state index is 11.5. The number of hydrogen-bond acceptors (Lipinski definition) is 3. The van der Waals surface area contributed by atoms with E-state index in [-0.39, 0.29) is 0 Å². The Morgan fingerprint density at radius 3 is 2.56 bits per heavy atom. The van der Waals surface area contributed by atoms with E-state index < -0.39 is 11.8 Å². The second kappa shape index (κ2) is 8.25. The molecule has 0 atom stereocenters. The van der Waals surface area contributed by atoms with E-state index >= 15 is 0 Å². The van der Waals surface area contributed by atoms with Crippen molar-refractivity contribution >= 4 is 17.5 Å². The molecule has 98 valence electrons. The number of para-hydroxylation sites is 1. The Morgan fingerprint density at radius 1 is 1.17 bits per heavy atom. The van der Waals surface area contributed by atoms with Crippen molar-refractivity contribution in [3.63, 3.8) is 0 Å². The average molecular weight is 250 g/mol. The van der Waals surface area contributed by atoms with Crippen molar-refractivity contribution in [2.75, 3.05) is 25.1 Å². The largest absolute Gasteiger partial charge is 0.382 e. The number of ether oxygens (including phenoxy) is 1. The van der Waals surface area contributed by atoms with E-state index in [1.54, 1.807) is 24.3 Å². The molecular formula is C13H18N2O3. The Labute approximate surface area is 107 Å². The molecule has 0 aliphatic heterocycles. The molecule has 1 aromatic rings. The second-order valence-corrected chi connectivity index (χ2v) is 3.63. The fraction of sp³-hybridized carbons (Fsp3) is 0.385. The summed E-state index contributed by atoms with van der Waals surface area (Å²) in [6, 6.07) is 8.86. The molecule has 1 aromatic carbocycles. The third-order valence-corrected chi connectivity index (χ3v) is 2.19. The molecule has 0 saturated heterocycles. The molecule has 5 nitrogen and oxygen atoms in total. The molecule has 2 amide bonds. The number of hydrogen-bond donors (Lipinski definition) is 2. The van der Waals surface area contributed by atoms with E-state index in [4.69, 9.17) is 4.74 Å². The van der Waals surface area contributed by atoms with Crippen molar-refractivity contribution in [1.82, 2.24) is 5.32 Å². The van der Waals surface area contributed by atoms with E-state index in [2.05, 4.69) is 10.6 Å². The van der Waals surface area contributed by atoms with Gasteiger partial charge in [-0.2, -0.15) is 0 Å². The molecule has 2 N–H and O–H groups in total. The topological polar surface area (TPSA) is 67.4 Å². The predicted molar refractivity (Wildman–Crippen MR) is 69.2 cm³/mol. The van der Waals surface area contributed by atoms with Gasteiger partial charge in [-0.1, -0.05) is 18.2 Å². The minimum absolute atomic E-state index is 0.432. The number of amides is 2. The summed E-state index contributed by atoms with van der Waals surface area (Å²) in [5.74, 6) is -1.28. The lowest BCUT2D eigenvalue weighted by Gasteiger charge is -2.06. The van der Waals surface area contributed by atoms with E-state index in [0.717, 1.165) is 0 Å². The summed E-state index contributed by atoms with van der Waals surface area (Å²) < 4.78 is 5.12. The van der Waals surface area contributed by atoms with Crippen LogP contribution in [0.3, 0.4) is 0 Å². The van der Waals surface area contributed by atoms with Crippen molar-refractivity contribution in [3.8, 4) is 0 Å². The SMILES string of the molecule is CCOCCCNC(=O)C(=O)Nc1ccccc1. The first kappa shape index (κ1) is 14.2. The van der Waals surface area contributed by atoms with Crippen molar-refractivity contribution in [2.45, 2.75) is 13.3 Å². The van der Waals surface area contributed by atoms with Gasteiger partial charge in [0.05, 0.1) is 0 Å². The van der Waals surface area contributed by atoms with Crippen LogP contribution in [0.2, 0.25) is 0 Å². The minimum atomic E-state index is -0.655. The van der Waals surface area contributed by atoms with Gasteiger partial charge < -0.3 is 15.4 Å². The van der Waals surface area contributed by atoms with E-state index in [9.17, 15) is 9.59 Å². The van der Waals surface area contributed by atoms with Gasteiger partial charge in [0.2, 0.25) is 0 Å². The van der Waals surface area contributed by atoms with Gasteiger partial charge in [-0.05, 0) is 25.5 Å². The summed E-state index contributed by atoms with van der Waals surface area (Å²) in [7, 11) is 0. The molecule has 0 bridgehead atoms. The minimum Gasteiger partial charge on any atom is -0.382 e. The van der Waals surface area contributed by atoms with Crippen LogP contribution in [0.4, 0.5) is 5.69 Å². The molecule has 0 spiro atoms. The molecule has 0 radical (unpaired) electrons. The highest BCUT2D eigenvalue weighted by atomic mass is 16.5. The molecule has 0 saturated carbocycles. The first-order valence-corrected chi connectivity index (χ1v) is 5.96. The Kier molecular flexibility index (Phi) is 6.50. The zero-order chi connectivity index (χ0) is 13.2. The van der Waals surface area contributed by atoms with Crippen LogP contribution >= 0.6 is 0 Å². The van der Waals surface area contributed by atoms with Crippen LogP contribution in [-0.2, 0) is 14.3 Å². The maximum Gasteiger partial charge on any atom is 0.313 e. The van der Waals surface area contributed by atoms with Gasteiger partial charge in [-0.25, -0.2) is 0 Å². The monoisotopic (exact) mass is 250 g/mol. The number of rotatable bonds is 6. The fourth-order valence-electron chi connectivity index (χ4n) is 1.31. The zero-order valence-electron chi connectivity index (χ0n) is 10.4. The average Bonchev–Trinajstić information content (AvgIpc) is 2.39. The van der Waals surface area contributed by atoms with Crippen molar-refractivity contribution < 1.29 is 14.3 Å². The summed E-state index contributed by atoms with van der Waals surface area (Å²) in [5, 5.41) is 5.04. The van der Waals surface area contributed by atoms with Crippen LogP contribution in [0.25, 0.3) is 0 Å². The van der Waals surface area contributed by atoms with Crippen LogP contribution in [0.1, 0.15) is 13.3 Å². The molecule has 1 rings (SSSR count). The summed E-state index contributed by atoms with van der Waals surface area (Å²) in [4.78, 5) is 22.9. The van der Waals surface area contributed by atoms with Crippen molar-refractivity contribution in [3.05, 3.63) is 30.3 Å². The molecule has 0 aliphatic carbocycles. The Hall–Kier alpha value is -1.88. The summed E-state index contributed by atoms with van der Waals surface area (Å²) in [6.45, 7) is 3.58. The third kappa shape index (κ3) is 5.45. The predicted octanol–water partition coefficient (Wildman–Crippen LogP) is 1.17. The molecule has 0 heterocycles. The Balaban J connectivity index is 2.23. The number of benzene rings is 1.